The standard InChI is InChI=1S/C18H23FN4O2/c1-13-11-15(21-25-13)12-22-7-9-23(10-8-22)14(2)18(24)20-17-6-4-3-5-16(17)19/h3-6,11,14H,7-10,12H2,1-2H3,(H,20,24). The monoisotopic (exact) mass is 346 g/mol. The average Bonchev–Trinajstić information content (AvgIpc) is 3.02. The molecule has 1 aliphatic heterocycles. The zero-order valence-electron chi connectivity index (χ0n) is 14.5. The number of para-hydroxylation sites is 1. The van der Waals surface area contributed by atoms with Gasteiger partial charge in [0, 0.05) is 38.8 Å². The number of aromatic nitrogens is 1. The number of halogens is 1. The van der Waals surface area contributed by atoms with Crippen molar-refractivity contribution < 1.29 is 13.7 Å². The topological polar surface area (TPSA) is 61.6 Å². The van der Waals surface area contributed by atoms with Gasteiger partial charge in [0.1, 0.15) is 11.6 Å². The second-order valence-corrected chi connectivity index (χ2v) is 6.39. The molecule has 25 heavy (non-hydrogen) atoms. The van der Waals surface area contributed by atoms with Crippen molar-refractivity contribution in [1.82, 2.24) is 15.0 Å². The smallest absolute Gasteiger partial charge is 0.241 e. The van der Waals surface area contributed by atoms with Crippen LogP contribution < -0.4 is 5.32 Å². The molecule has 1 amide bonds. The van der Waals surface area contributed by atoms with Gasteiger partial charge in [-0.1, -0.05) is 17.3 Å². The van der Waals surface area contributed by atoms with E-state index < -0.39 is 5.82 Å². The molecule has 6 nitrogen and oxygen atoms in total. The first-order chi connectivity index (χ1) is 12.0. The van der Waals surface area contributed by atoms with Gasteiger partial charge in [0.2, 0.25) is 5.91 Å². The summed E-state index contributed by atoms with van der Waals surface area (Å²) in [5.41, 5.74) is 1.15. The minimum absolute atomic E-state index is 0.189. The molecule has 2 aromatic rings. The second-order valence-electron chi connectivity index (χ2n) is 6.39. The number of hydrogen-bond acceptors (Lipinski definition) is 5. The van der Waals surface area contributed by atoms with E-state index in [-0.39, 0.29) is 17.6 Å². The zero-order valence-corrected chi connectivity index (χ0v) is 14.5. The number of benzene rings is 1. The maximum Gasteiger partial charge on any atom is 0.241 e. The molecule has 1 aromatic carbocycles. The largest absolute Gasteiger partial charge is 0.361 e. The minimum atomic E-state index is -0.421. The first-order valence-corrected chi connectivity index (χ1v) is 8.47. The van der Waals surface area contributed by atoms with Gasteiger partial charge in [-0.15, -0.1) is 0 Å². The molecule has 3 rings (SSSR count). The number of anilines is 1. The first kappa shape index (κ1) is 17.6. The Morgan fingerprint density at radius 3 is 2.68 bits per heavy atom. The van der Waals surface area contributed by atoms with Crippen molar-refractivity contribution in [2.75, 3.05) is 31.5 Å². The van der Waals surface area contributed by atoms with Crippen LogP contribution in [0.4, 0.5) is 10.1 Å². The summed E-state index contributed by atoms with van der Waals surface area (Å²) in [6.07, 6.45) is 0. The summed E-state index contributed by atoms with van der Waals surface area (Å²) in [4.78, 5) is 16.8. The Kier molecular flexibility index (Phi) is 5.45. The van der Waals surface area contributed by atoms with Crippen LogP contribution in [0.2, 0.25) is 0 Å². The van der Waals surface area contributed by atoms with E-state index in [1.807, 2.05) is 19.9 Å². The molecule has 0 radical (unpaired) electrons. The maximum atomic E-state index is 13.7. The summed E-state index contributed by atoms with van der Waals surface area (Å²) in [5, 5.41) is 6.69. The number of aryl methyl sites for hydroxylation is 1. The van der Waals surface area contributed by atoms with Gasteiger partial charge in [0.25, 0.3) is 0 Å². The van der Waals surface area contributed by atoms with Crippen LogP contribution in [0.15, 0.2) is 34.9 Å². The van der Waals surface area contributed by atoms with Crippen LogP contribution >= 0.6 is 0 Å². The Bertz CT molecular complexity index is 725. The van der Waals surface area contributed by atoms with Gasteiger partial charge in [0.05, 0.1) is 17.4 Å². The van der Waals surface area contributed by atoms with Crippen molar-refractivity contribution in [2.24, 2.45) is 0 Å². The molecule has 134 valence electrons. The van der Waals surface area contributed by atoms with Crippen molar-refractivity contribution in [3.8, 4) is 0 Å². The predicted octanol–water partition coefficient (Wildman–Crippen LogP) is 2.27. The highest BCUT2D eigenvalue weighted by Gasteiger charge is 2.26. The molecule has 1 atom stereocenters. The molecule has 0 bridgehead atoms. The third kappa shape index (κ3) is 4.43. The number of piperazine rings is 1. The summed E-state index contributed by atoms with van der Waals surface area (Å²) >= 11 is 0. The van der Waals surface area contributed by atoms with E-state index >= 15 is 0 Å². The second kappa shape index (κ2) is 7.76. The van der Waals surface area contributed by atoms with E-state index in [4.69, 9.17) is 4.52 Å². The number of nitrogens with zero attached hydrogens (tertiary/aromatic N) is 3. The lowest BCUT2D eigenvalue weighted by Crippen LogP contribution is -2.52. The maximum absolute atomic E-state index is 13.7. The Hall–Kier alpha value is -2.25. The zero-order chi connectivity index (χ0) is 17.8. The Balaban J connectivity index is 1.50. The van der Waals surface area contributed by atoms with Crippen LogP contribution in [0.25, 0.3) is 0 Å². The molecule has 1 saturated heterocycles. The van der Waals surface area contributed by atoms with Crippen LogP contribution in [0, 0.1) is 12.7 Å². The lowest BCUT2D eigenvalue weighted by Gasteiger charge is -2.37. The number of nitrogens with one attached hydrogen (secondary N) is 1. The summed E-state index contributed by atoms with van der Waals surface area (Å²) in [7, 11) is 0. The molecule has 2 heterocycles. The van der Waals surface area contributed by atoms with E-state index in [2.05, 4.69) is 20.3 Å². The number of amides is 1. The number of carbonyl (C=O) groups excluding carboxylic acids is 1. The molecule has 0 aliphatic carbocycles. The first-order valence-electron chi connectivity index (χ1n) is 8.47. The van der Waals surface area contributed by atoms with Gasteiger partial charge < -0.3 is 9.84 Å². The Labute approximate surface area is 146 Å². The van der Waals surface area contributed by atoms with Crippen molar-refractivity contribution in [3.63, 3.8) is 0 Å². The predicted molar refractivity (Wildman–Crippen MR) is 92.6 cm³/mol. The van der Waals surface area contributed by atoms with Gasteiger partial charge in [-0.3, -0.25) is 14.6 Å². The Morgan fingerprint density at radius 1 is 1.32 bits per heavy atom. The fourth-order valence-corrected chi connectivity index (χ4v) is 3.00. The van der Waals surface area contributed by atoms with Crippen LogP contribution in [0.3, 0.4) is 0 Å². The lowest BCUT2D eigenvalue weighted by atomic mass is 10.2. The van der Waals surface area contributed by atoms with Crippen LogP contribution in [0.1, 0.15) is 18.4 Å². The normalized spacial score (nSPS) is 17.4. The number of carbonyl (C=O) groups is 1. The minimum Gasteiger partial charge on any atom is -0.361 e. The molecule has 1 fully saturated rings. The van der Waals surface area contributed by atoms with Gasteiger partial charge >= 0.3 is 0 Å². The third-order valence-corrected chi connectivity index (χ3v) is 4.53. The molecule has 1 N–H and O–H groups in total. The van der Waals surface area contributed by atoms with Crippen molar-refractivity contribution in [2.45, 2.75) is 26.4 Å². The molecular weight excluding hydrogens is 323 g/mol. The number of hydrogen-bond donors (Lipinski definition) is 1. The van der Waals surface area contributed by atoms with E-state index in [1.165, 1.54) is 6.07 Å². The molecule has 7 heteroatoms. The lowest BCUT2D eigenvalue weighted by molar-refractivity contribution is -0.121. The van der Waals surface area contributed by atoms with Crippen LogP contribution in [-0.4, -0.2) is 53.1 Å². The summed E-state index contributed by atoms with van der Waals surface area (Å²) in [6.45, 7) is 7.75. The van der Waals surface area contributed by atoms with Gasteiger partial charge in [-0.25, -0.2) is 4.39 Å². The van der Waals surface area contributed by atoms with E-state index in [9.17, 15) is 9.18 Å². The van der Waals surface area contributed by atoms with E-state index in [1.54, 1.807) is 18.2 Å². The van der Waals surface area contributed by atoms with Crippen molar-refractivity contribution >= 4 is 11.6 Å². The summed E-state index contributed by atoms with van der Waals surface area (Å²) in [5.74, 6) is 0.202. The van der Waals surface area contributed by atoms with Crippen molar-refractivity contribution in [1.29, 1.82) is 0 Å². The van der Waals surface area contributed by atoms with Crippen LogP contribution in [0.5, 0.6) is 0 Å². The molecule has 0 saturated carbocycles. The number of rotatable bonds is 5. The molecule has 1 aliphatic rings. The van der Waals surface area contributed by atoms with Gasteiger partial charge in [-0.2, -0.15) is 0 Å². The van der Waals surface area contributed by atoms with Gasteiger partial charge in [-0.05, 0) is 26.0 Å². The van der Waals surface area contributed by atoms with Gasteiger partial charge in [0.15, 0.2) is 0 Å². The Morgan fingerprint density at radius 2 is 2.04 bits per heavy atom. The quantitative estimate of drug-likeness (QED) is 0.900. The van der Waals surface area contributed by atoms with E-state index in [0.717, 1.165) is 44.2 Å². The highest BCUT2D eigenvalue weighted by molar-refractivity contribution is 5.94. The molecular formula is C18H23FN4O2. The highest BCUT2D eigenvalue weighted by atomic mass is 19.1. The fourth-order valence-electron chi connectivity index (χ4n) is 3.00. The van der Waals surface area contributed by atoms with E-state index in [0.29, 0.717) is 0 Å². The SMILES string of the molecule is Cc1cc(CN2CCN(C(C)C(=O)Nc3ccccc3F)CC2)no1. The van der Waals surface area contributed by atoms with Crippen molar-refractivity contribution in [3.05, 3.63) is 47.6 Å². The van der Waals surface area contributed by atoms with Crippen LogP contribution in [-0.2, 0) is 11.3 Å². The third-order valence-electron chi connectivity index (χ3n) is 4.53. The average molecular weight is 346 g/mol. The summed E-state index contributed by atoms with van der Waals surface area (Å²) < 4.78 is 18.8. The molecule has 1 unspecified atom stereocenters. The highest BCUT2D eigenvalue weighted by Crippen LogP contribution is 2.15. The molecule has 0 spiro atoms. The fraction of sp³-hybridized carbons (Fsp3) is 0.444. The summed E-state index contributed by atoms with van der Waals surface area (Å²) in [6, 6.07) is 7.84. The molecule has 1 aromatic heterocycles.